The highest BCUT2D eigenvalue weighted by Gasteiger charge is 2.20. The van der Waals surface area contributed by atoms with E-state index in [4.69, 9.17) is 9.84 Å². The van der Waals surface area contributed by atoms with E-state index in [9.17, 15) is 19.5 Å². The summed E-state index contributed by atoms with van der Waals surface area (Å²) in [5, 5.41) is 18.4. The fourth-order valence-electron chi connectivity index (χ4n) is 1.78. The molecule has 0 aliphatic rings. The minimum atomic E-state index is -1.69. The molecule has 108 valence electrons. The molecule has 1 rings (SSSR count). The Kier molecular flexibility index (Phi) is 5.86. The largest absolute Gasteiger partial charge is 0.479 e. The number of hydrogen-bond acceptors (Lipinski definition) is 5. The lowest BCUT2D eigenvalue weighted by Crippen LogP contribution is -2.14. The molecule has 0 saturated carbocycles. The van der Waals surface area contributed by atoms with E-state index in [1.807, 2.05) is 0 Å². The van der Waals surface area contributed by atoms with Crippen molar-refractivity contribution in [3.8, 4) is 0 Å². The molecule has 0 spiro atoms. The van der Waals surface area contributed by atoms with E-state index >= 15 is 0 Å². The third kappa shape index (κ3) is 3.89. The van der Waals surface area contributed by atoms with Crippen LogP contribution >= 0.6 is 0 Å². The number of rotatable bonds is 7. The number of ether oxygens (including phenoxy) is 1. The van der Waals surface area contributed by atoms with Gasteiger partial charge in [-0.3, -0.25) is 0 Å². The van der Waals surface area contributed by atoms with Gasteiger partial charge >= 0.3 is 11.9 Å². The molecule has 0 aromatic heterocycles. The maximum Gasteiger partial charge on any atom is 0.338 e. The van der Waals surface area contributed by atoms with Gasteiger partial charge in [-0.15, -0.1) is 0 Å². The van der Waals surface area contributed by atoms with Gasteiger partial charge in [-0.1, -0.05) is 6.07 Å². The zero-order valence-corrected chi connectivity index (χ0v) is 11.0. The highest BCUT2D eigenvalue weighted by molar-refractivity contribution is 5.90. The minimum absolute atomic E-state index is 0.172. The molecule has 1 aromatic rings. The SMILES string of the molecule is CCOC(=O)c1ccc(C(O)C(=O)O)c(CCC=O)c1. The van der Waals surface area contributed by atoms with Crippen molar-refractivity contribution in [1.82, 2.24) is 0 Å². The summed E-state index contributed by atoms with van der Waals surface area (Å²) >= 11 is 0. The molecule has 0 radical (unpaired) electrons. The smallest absolute Gasteiger partial charge is 0.338 e. The van der Waals surface area contributed by atoms with E-state index in [1.165, 1.54) is 18.2 Å². The lowest BCUT2D eigenvalue weighted by Gasteiger charge is -2.13. The molecule has 0 aliphatic heterocycles. The van der Waals surface area contributed by atoms with Crippen LogP contribution in [0, 0.1) is 0 Å². The van der Waals surface area contributed by atoms with Crippen molar-refractivity contribution in [3.05, 3.63) is 34.9 Å². The molecule has 0 heterocycles. The van der Waals surface area contributed by atoms with E-state index in [2.05, 4.69) is 0 Å². The molecule has 6 nitrogen and oxygen atoms in total. The van der Waals surface area contributed by atoms with Crippen LogP contribution in [0.25, 0.3) is 0 Å². The summed E-state index contributed by atoms with van der Waals surface area (Å²) < 4.78 is 4.85. The molecule has 6 heteroatoms. The van der Waals surface area contributed by atoms with Gasteiger partial charge in [-0.05, 0) is 36.6 Å². The van der Waals surface area contributed by atoms with Gasteiger partial charge in [0.15, 0.2) is 6.10 Å². The molecule has 1 unspecified atom stereocenters. The summed E-state index contributed by atoms with van der Waals surface area (Å²) in [6.07, 6.45) is -0.580. The van der Waals surface area contributed by atoms with Gasteiger partial charge in [0.25, 0.3) is 0 Å². The zero-order valence-electron chi connectivity index (χ0n) is 11.0. The number of aldehydes is 1. The average Bonchev–Trinajstić information content (AvgIpc) is 2.44. The molecule has 0 amide bonds. The lowest BCUT2D eigenvalue weighted by atomic mass is 9.96. The summed E-state index contributed by atoms with van der Waals surface area (Å²) in [5.74, 6) is -1.92. The van der Waals surface area contributed by atoms with Crippen LogP contribution in [0.3, 0.4) is 0 Å². The van der Waals surface area contributed by atoms with E-state index < -0.39 is 18.0 Å². The number of benzene rings is 1. The fourth-order valence-corrected chi connectivity index (χ4v) is 1.78. The van der Waals surface area contributed by atoms with Crippen molar-refractivity contribution in [2.24, 2.45) is 0 Å². The van der Waals surface area contributed by atoms with Gasteiger partial charge in [-0.25, -0.2) is 9.59 Å². The average molecular weight is 280 g/mol. The van der Waals surface area contributed by atoms with Gasteiger partial charge in [-0.2, -0.15) is 0 Å². The zero-order chi connectivity index (χ0) is 15.1. The minimum Gasteiger partial charge on any atom is -0.479 e. The van der Waals surface area contributed by atoms with E-state index in [0.717, 1.165) is 0 Å². The summed E-state index contributed by atoms with van der Waals surface area (Å²) in [4.78, 5) is 32.9. The van der Waals surface area contributed by atoms with E-state index in [0.29, 0.717) is 11.8 Å². The summed E-state index contributed by atoms with van der Waals surface area (Å²) in [6.45, 7) is 1.90. The first-order valence-corrected chi connectivity index (χ1v) is 6.15. The van der Waals surface area contributed by atoms with Gasteiger partial charge < -0.3 is 19.7 Å². The van der Waals surface area contributed by atoms with Gasteiger partial charge in [0.1, 0.15) is 6.29 Å². The second-order valence-electron chi connectivity index (χ2n) is 4.08. The van der Waals surface area contributed by atoms with Crippen molar-refractivity contribution in [1.29, 1.82) is 0 Å². The number of carboxylic acids is 1. The predicted octanol–water partition coefficient (Wildman–Crippen LogP) is 1.11. The van der Waals surface area contributed by atoms with E-state index in [1.54, 1.807) is 6.92 Å². The third-order valence-electron chi connectivity index (χ3n) is 2.71. The first kappa shape index (κ1) is 15.8. The number of carbonyl (C=O) groups excluding carboxylic acids is 2. The Hall–Kier alpha value is -2.21. The maximum absolute atomic E-state index is 11.6. The number of aliphatic hydroxyl groups is 1. The van der Waals surface area contributed by atoms with Crippen molar-refractivity contribution in [2.75, 3.05) is 6.61 Å². The standard InChI is InChI=1S/C14H16O6/c1-2-20-14(19)10-5-6-11(12(16)13(17)18)9(8-10)4-3-7-15/h5-8,12,16H,2-4H2,1H3,(H,17,18). The van der Waals surface area contributed by atoms with E-state index in [-0.39, 0.29) is 30.6 Å². The Bertz CT molecular complexity index is 508. The molecule has 0 bridgehead atoms. The number of aryl methyl sites for hydroxylation is 1. The number of carbonyl (C=O) groups is 3. The Morgan fingerprint density at radius 1 is 1.40 bits per heavy atom. The van der Waals surface area contributed by atoms with Crippen molar-refractivity contribution in [3.63, 3.8) is 0 Å². The number of esters is 1. The second-order valence-corrected chi connectivity index (χ2v) is 4.08. The third-order valence-corrected chi connectivity index (χ3v) is 2.71. The van der Waals surface area contributed by atoms with Gasteiger partial charge in [0, 0.05) is 6.42 Å². The quantitative estimate of drug-likeness (QED) is 0.573. The van der Waals surface area contributed by atoms with Crippen LogP contribution in [-0.4, -0.2) is 35.0 Å². The molecule has 20 heavy (non-hydrogen) atoms. The van der Waals surface area contributed by atoms with Crippen LogP contribution in [0.2, 0.25) is 0 Å². The molecular weight excluding hydrogens is 264 g/mol. The Morgan fingerprint density at radius 3 is 2.65 bits per heavy atom. The van der Waals surface area contributed by atoms with Crippen LogP contribution in [0.4, 0.5) is 0 Å². The molecule has 2 N–H and O–H groups in total. The molecular formula is C14H16O6. The second kappa shape index (κ2) is 7.40. The molecule has 0 fully saturated rings. The highest BCUT2D eigenvalue weighted by Crippen LogP contribution is 2.22. The molecule has 1 atom stereocenters. The normalized spacial score (nSPS) is 11.7. The summed E-state index contributed by atoms with van der Waals surface area (Å²) in [7, 11) is 0. The summed E-state index contributed by atoms with van der Waals surface area (Å²) in [5.41, 5.74) is 0.874. The summed E-state index contributed by atoms with van der Waals surface area (Å²) in [6, 6.07) is 4.21. The fraction of sp³-hybridized carbons (Fsp3) is 0.357. The molecule has 0 saturated heterocycles. The van der Waals surface area contributed by atoms with Crippen LogP contribution in [0.5, 0.6) is 0 Å². The Balaban J connectivity index is 3.15. The first-order chi connectivity index (χ1) is 9.51. The topological polar surface area (TPSA) is 101 Å². The molecule has 1 aromatic carbocycles. The van der Waals surface area contributed by atoms with Crippen molar-refractivity contribution in [2.45, 2.75) is 25.9 Å². The monoisotopic (exact) mass is 280 g/mol. The van der Waals surface area contributed by atoms with Crippen molar-refractivity contribution >= 4 is 18.2 Å². The highest BCUT2D eigenvalue weighted by atomic mass is 16.5. The van der Waals surface area contributed by atoms with Crippen LogP contribution in [-0.2, 0) is 20.7 Å². The van der Waals surface area contributed by atoms with Crippen LogP contribution in [0.1, 0.15) is 40.9 Å². The Labute approximate surface area is 116 Å². The lowest BCUT2D eigenvalue weighted by molar-refractivity contribution is -0.147. The number of hydrogen-bond donors (Lipinski definition) is 2. The van der Waals surface area contributed by atoms with Crippen molar-refractivity contribution < 1.29 is 29.3 Å². The van der Waals surface area contributed by atoms with Crippen LogP contribution < -0.4 is 0 Å². The Morgan fingerprint density at radius 2 is 2.10 bits per heavy atom. The maximum atomic E-state index is 11.6. The number of carboxylic acid groups (broad SMARTS) is 1. The molecule has 0 aliphatic carbocycles. The van der Waals surface area contributed by atoms with Gasteiger partial charge in [0.2, 0.25) is 0 Å². The van der Waals surface area contributed by atoms with Crippen LogP contribution in [0.15, 0.2) is 18.2 Å². The number of aliphatic hydroxyl groups excluding tert-OH is 1. The number of aliphatic carboxylic acids is 1. The van der Waals surface area contributed by atoms with Gasteiger partial charge in [0.05, 0.1) is 12.2 Å². The first-order valence-electron chi connectivity index (χ1n) is 6.15. The predicted molar refractivity (Wildman–Crippen MR) is 69.4 cm³/mol.